The van der Waals surface area contributed by atoms with Gasteiger partial charge in [-0.25, -0.2) is 4.79 Å². The molecule has 0 bridgehead atoms. The van der Waals surface area contributed by atoms with Crippen LogP contribution in [0.15, 0.2) is 18.5 Å². The first-order valence-electron chi connectivity index (χ1n) is 7.06. The lowest BCUT2D eigenvalue weighted by atomic mass is 10.0. The van der Waals surface area contributed by atoms with E-state index in [1.165, 1.54) is 0 Å². The maximum absolute atomic E-state index is 12.0. The summed E-state index contributed by atoms with van der Waals surface area (Å²) >= 11 is 0. The standard InChI is InChI=1S/C12H16N4O.C2H6/c17-12-15-11-3-6-14-7-9(11)8-16(12)10-1-4-13-5-2-10;1-2/h3,6-7,10,13H,1-2,4-5,8H2,(H,15,17);1-2H3. The summed E-state index contributed by atoms with van der Waals surface area (Å²) in [6, 6.07) is 2.23. The Morgan fingerprint density at radius 2 is 2.05 bits per heavy atom. The highest BCUT2D eigenvalue weighted by molar-refractivity contribution is 5.92. The Hall–Kier alpha value is -1.62. The van der Waals surface area contributed by atoms with Crippen LogP contribution in [0.1, 0.15) is 32.3 Å². The maximum atomic E-state index is 12.0. The number of urea groups is 1. The summed E-state index contributed by atoms with van der Waals surface area (Å²) in [4.78, 5) is 18.1. The van der Waals surface area contributed by atoms with Crippen molar-refractivity contribution in [3.05, 3.63) is 24.0 Å². The van der Waals surface area contributed by atoms with Crippen LogP contribution >= 0.6 is 0 Å². The summed E-state index contributed by atoms with van der Waals surface area (Å²) in [7, 11) is 0. The molecule has 0 aromatic carbocycles. The smallest absolute Gasteiger partial charge is 0.317 e. The fraction of sp³-hybridized carbons (Fsp3) is 0.571. The molecule has 1 saturated heterocycles. The number of nitrogens with zero attached hydrogens (tertiary/aromatic N) is 2. The van der Waals surface area contributed by atoms with Gasteiger partial charge in [0.2, 0.25) is 0 Å². The van der Waals surface area contributed by atoms with Crippen LogP contribution in [0.5, 0.6) is 0 Å². The van der Waals surface area contributed by atoms with E-state index in [0.29, 0.717) is 12.6 Å². The summed E-state index contributed by atoms with van der Waals surface area (Å²) in [5.74, 6) is 0. The van der Waals surface area contributed by atoms with Crippen molar-refractivity contribution >= 4 is 11.7 Å². The first kappa shape index (κ1) is 13.8. The number of pyridine rings is 1. The molecule has 2 aliphatic heterocycles. The molecular formula is C14H22N4O. The molecule has 2 N–H and O–H groups in total. The predicted octanol–water partition coefficient (Wildman–Crippen LogP) is 2.21. The van der Waals surface area contributed by atoms with Gasteiger partial charge in [-0.15, -0.1) is 0 Å². The van der Waals surface area contributed by atoms with Crippen molar-refractivity contribution < 1.29 is 4.79 Å². The van der Waals surface area contributed by atoms with E-state index in [1.807, 2.05) is 31.0 Å². The normalized spacial score (nSPS) is 19.1. The molecule has 3 rings (SSSR count). The molecule has 19 heavy (non-hydrogen) atoms. The Labute approximate surface area is 114 Å². The van der Waals surface area contributed by atoms with Crippen molar-refractivity contribution in [3.63, 3.8) is 0 Å². The number of carbonyl (C=O) groups excluding carboxylic acids is 1. The molecule has 2 aliphatic rings. The largest absolute Gasteiger partial charge is 0.322 e. The Morgan fingerprint density at radius 1 is 1.32 bits per heavy atom. The van der Waals surface area contributed by atoms with Gasteiger partial charge in [-0.2, -0.15) is 0 Å². The summed E-state index contributed by atoms with van der Waals surface area (Å²) in [6.07, 6.45) is 5.61. The number of nitrogens with one attached hydrogen (secondary N) is 2. The lowest BCUT2D eigenvalue weighted by Crippen LogP contribution is -2.49. The number of rotatable bonds is 1. The first-order chi connectivity index (χ1) is 9.34. The molecule has 0 spiro atoms. The minimum atomic E-state index is 0.0237. The van der Waals surface area contributed by atoms with Gasteiger partial charge in [-0.1, -0.05) is 13.8 Å². The van der Waals surface area contributed by atoms with Gasteiger partial charge in [0.1, 0.15) is 0 Å². The highest BCUT2D eigenvalue weighted by Gasteiger charge is 2.29. The lowest BCUT2D eigenvalue weighted by molar-refractivity contribution is 0.163. The highest BCUT2D eigenvalue weighted by atomic mass is 16.2. The van der Waals surface area contributed by atoms with E-state index >= 15 is 0 Å². The van der Waals surface area contributed by atoms with E-state index in [4.69, 9.17) is 0 Å². The topological polar surface area (TPSA) is 57.3 Å². The molecule has 104 valence electrons. The molecule has 0 atom stereocenters. The number of piperidine rings is 1. The van der Waals surface area contributed by atoms with E-state index < -0.39 is 0 Å². The fourth-order valence-electron chi connectivity index (χ4n) is 2.53. The number of hydrogen-bond acceptors (Lipinski definition) is 3. The van der Waals surface area contributed by atoms with E-state index in [0.717, 1.165) is 37.2 Å². The van der Waals surface area contributed by atoms with Gasteiger partial charge in [-0.05, 0) is 32.0 Å². The van der Waals surface area contributed by atoms with Crippen LogP contribution in [0.3, 0.4) is 0 Å². The van der Waals surface area contributed by atoms with Crippen molar-refractivity contribution in [2.45, 2.75) is 39.3 Å². The Bertz CT molecular complexity index is 429. The lowest BCUT2D eigenvalue weighted by Gasteiger charge is -2.37. The predicted molar refractivity (Wildman–Crippen MR) is 76.0 cm³/mol. The monoisotopic (exact) mass is 262 g/mol. The van der Waals surface area contributed by atoms with Crippen molar-refractivity contribution in [2.24, 2.45) is 0 Å². The van der Waals surface area contributed by atoms with Crippen molar-refractivity contribution in [1.29, 1.82) is 0 Å². The third-order valence-corrected chi connectivity index (χ3v) is 3.50. The molecule has 0 unspecified atom stereocenters. The number of fused-ring (bicyclic) bond motifs is 1. The second-order valence-corrected chi connectivity index (χ2v) is 4.57. The Balaban J connectivity index is 0.000000637. The number of amides is 2. The van der Waals surface area contributed by atoms with Crippen molar-refractivity contribution in [1.82, 2.24) is 15.2 Å². The van der Waals surface area contributed by atoms with Gasteiger partial charge in [0, 0.05) is 24.0 Å². The maximum Gasteiger partial charge on any atom is 0.322 e. The van der Waals surface area contributed by atoms with Gasteiger partial charge in [0.15, 0.2) is 0 Å². The van der Waals surface area contributed by atoms with E-state index in [1.54, 1.807) is 6.20 Å². The molecule has 0 saturated carbocycles. The summed E-state index contributed by atoms with van der Waals surface area (Å²) in [5.41, 5.74) is 2.00. The molecular weight excluding hydrogens is 240 g/mol. The SMILES string of the molecule is CC.O=C1Nc2ccncc2CN1C1CCNCC1. The van der Waals surface area contributed by atoms with Gasteiger partial charge >= 0.3 is 6.03 Å². The molecule has 5 nitrogen and oxygen atoms in total. The van der Waals surface area contributed by atoms with Crippen LogP contribution in [-0.2, 0) is 6.54 Å². The molecule has 5 heteroatoms. The average molecular weight is 262 g/mol. The number of carbonyl (C=O) groups is 1. The van der Waals surface area contributed by atoms with Crippen LogP contribution in [0, 0.1) is 0 Å². The minimum absolute atomic E-state index is 0.0237. The average Bonchev–Trinajstić information content (AvgIpc) is 2.49. The molecule has 3 heterocycles. The second kappa shape index (κ2) is 6.52. The zero-order valence-electron chi connectivity index (χ0n) is 11.6. The van der Waals surface area contributed by atoms with Gasteiger partial charge in [0.25, 0.3) is 0 Å². The second-order valence-electron chi connectivity index (χ2n) is 4.57. The van der Waals surface area contributed by atoms with E-state index in [-0.39, 0.29) is 6.03 Å². The van der Waals surface area contributed by atoms with Crippen LogP contribution in [0.4, 0.5) is 10.5 Å². The van der Waals surface area contributed by atoms with Crippen LogP contribution in [-0.4, -0.2) is 35.0 Å². The molecule has 1 aromatic rings. The fourth-order valence-corrected chi connectivity index (χ4v) is 2.53. The minimum Gasteiger partial charge on any atom is -0.317 e. The van der Waals surface area contributed by atoms with Crippen molar-refractivity contribution in [3.8, 4) is 0 Å². The molecule has 2 amide bonds. The van der Waals surface area contributed by atoms with E-state index in [9.17, 15) is 4.79 Å². The van der Waals surface area contributed by atoms with Crippen LogP contribution in [0.2, 0.25) is 0 Å². The van der Waals surface area contributed by atoms with Gasteiger partial charge < -0.3 is 15.5 Å². The summed E-state index contributed by atoms with van der Waals surface area (Å²) in [5, 5.41) is 6.25. The van der Waals surface area contributed by atoms with Crippen LogP contribution in [0.25, 0.3) is 0 Å². The third-order valence-electron chi connectivity index (χ3n) is 3.50. The number of aromatic nitrogens is 1. The Morgan fingerprint density at radius 3 is 2.79 bits per heavy atom. The zero-order chi connectivity index (χ0) is 13.7. The van der Waals surface area contributed by atoms with Crippen molar-refractivity contribution in [2.75, 3.05) is 18.4 Å². The highest BCUT2D eigenvalue weighted by Crippen LogP contribution is 2.25. The zero-order valence-corrected chi connectivity index (χ0v) is 11.6. The number of anilines is 1. The first-order valence-corrected chi connectivity index (χ1v) is 7.06. The molecule has 1 fully saturated rings. The molecule has 0 aliphatic carbocycles. The summed E-state index contributed by atoms with van der Waals surface area (Å²) in [6.45, 7) is 6.67. The molecule has 0 radical (unpaired) electrons. The summed E-state index contributed by atoms with van der Waals surface area (Å²) < 4.78 is 0. The van der Waals surface area contributed by atoms with Gasteiger partial charge in [-0.3, -0.25) is 4.98 Å². The van der Waals surface area contributed by atoms with Crippen LogP contribution < -0.4 is 10.6 Å². The van der Waals surface area contributed by atoms with E-state index in [2.05, 4.69) is 15.6 Å². The third kappa shape index (κ3) is 3.04. The quantitative estimate of drug-likeness (QED) is 0.816. The Kier molecular flexibility index (Phi) is 4.74. The number of hydrogen-bond donors (Lipinski definition) is 2. The van der Waals surface area contributed by atoms with Gasteiger partial charge in [0.05, 0.1) is 12.2 Å². The molecule has 1 aromatic heterocycles.